The Balaban J connectivity index is 1.58. The van der Waals surface area contributed by atoms with Crippen LogP contribution in [-0.2, 0) is 19.9 Å². The molecule has 1 aromatic heterocycles. The monoisotopic (exact) mass is 400 g/mol. The van der Waals surface area contributed by atoms with E-state index in [-0.39, 0.29) is 0 Å². The third-order valence-electron chi connectivity index (χ3n) is 7.67. The molecule has 2 heteroatoms. The third kappa shape index (κ3) is 3.46. The quantitative estimate of drug-likeness (QED) is 0.332. The minimum atomic E-state index is -0.898. The van der Waals surface area contributed by atoms with Gasteiger partial charge < -0.3 is 0 Å². The van der Waals surface area contributed by atoms with E-state index in [0.29, 0.717) is 0 Å². The van der Waals surface area contributed by atoms with Gasteiger partial charge in [-0.2, -0.15) is 0 Å². The molecule has 2 aromatic carbocycles. The van der Waals surface area contributed by atoms with Gasteiger partial charge in [0.15, 0.2) is 6.20 Å². The maximum absolute atomic E-state index is 2.56. The van der Waals surface area contributed by atoms with Gasteiger partial charge >= 0.3 is 0 Å². The summed E-state index contributed by atoms with van der Waals surface area (Å²) in [4.78, 5) is 0. The number of pyridine rings is 1. The first-order valence-electron chi connectivity index (χ1n) is 11.5. The van der Waals surface area contributed by atoms with Crippen molar-refractivity contribution in [2.75, 3.05) is 0 Å². The Morgan fingerprint density at radius 3 is 2.41 bits per heavy atom. The highest BCUT2D eigenvalue weighted by Gasteiger charge is 2.29. The predicted molar refractivity (Wildman–Crippen MR) is 126 cm³/mol. The molecule has 1 aliphatic heterocycles. The van der Waals surface area contributed by atoms with E-state index in [1.165, 1.54) is 71.8 Å². The molecule has 29 heavy (non-hydrogen) atoms. The van der Waals surface area contributed by atoms with Crippen LogP contribution in [0.1, 0.15) is 47.4 Å². The van der Waals surface area contributed by atoms with E-state index in [4.69, 9.17) is 0 Å². The second-order valence-electron chi connectivity index (χ2n) is 10.3. The molecule has 0 radical (unpaired) electrons. The SMILES string of the molecule is Cc1cc2c(cc1-c1c3ccc(C4CC[Si](C)(C)CC4)cc3cc[n+]1C)CCC2. The van der Waals surface area contributed by atoms with Crippen molar-refractivity contribution in [3.63, 3.8) is 0 Å². The highest BCUT2D eigenvalue weighted by atomic mass is 28.3. The first-order chi connectivity index (χ1) is 13.9. The maximum Gasteiger partial charge on any atom is 0.220 e. The molecule has 0 atom stereocenters. The van der Waals surface area contributed by atoms with Crippen LogP contribution in [0, 0.1) is 6.92 Å². The maximum atomic E-state index is 2.56. The summed E-state index contributed by atoms with van der Waals surface area (Å²) in [5, 5.41) is 2.79. The van der Waals surface area contributed by atoms with Crippen LogP contribution in [0.15, 0.2) is 42.6 Å². The summed E-state index contributed by atoms with van der Waals surface area (Å²) in [7, 11) is 1.30. The van der Waals surface area contributed by atoms with Crippen molar-refractivity contribution in [3.05, 3.63) is 64.8 Å². The molecule has 0 amide bonds. The topological polar surface area (TPSA) is 3.88 Å². The Hall–Kier alpha value is -1.93. The Morgan fingerprint density at radius 2 is 1.66 bits per heavy atom. The van der Waals surface area contributed by atoms with Crippen LogP contribution in [-0.4, -0.2) is 8.07 Å². The fourth-order valence-corrected chi connectivity index (χ4v) is 8.23. The first-order valence-corrected chi connectivity index (χ1v) is 14.9. The molecule has 0 bridgehead atoms. The molecule has 5 rings (SSSR count). The highest BCUT2D eigenvalue weighted by molar-refractivity contribution is 6.77. The largest absolute Gasteiger partial charge is 0.220 e. The van der Waals surface area contributed by atoms with Crippen LogP contribution < -0.4 is 4.57 Å². The van der Waals surface area contributed by atoms with Gasteiger partial charge in [0.1, 0.15) is 7.05 Å². The Labute approximate surface area is 176 Å². The zero-order valence-corrected chi connectivity index (χ0v) is 19.5. The number of fused-ring (bicyclic) bond motifs is 2. The standard InChI is InChI=1S/C27H34NSi/c1-19-16-21-6-5-7-22(21)18-26(19)27-25-9-8-23(17-24(25)10-13-28(27)2)20-11-14-29(3,4)15-12-20/h8-10,13,16-18,20H,5-7,11-12,14-15H2,1-4H3/q+1. The second kappa shape index (κ2) is 7.09. The highest BCUT2D eigenvalue weighted by Crippen LogP contribution is 2.40. The fourth-order valence-electron chi connectivity index (χ4n) is 5.72. The summed E-state index contributed by atoms with van der Waals surface area (Å²) in [6, 6.07) is 17.5. The number of hydrogen-bond acceptors (Lipinski definition) is 0. The number of hydrogen-bond donors (Lipinski definition) is 0. The fraction of sp³-hybridized carbons (Fsp3) is 0.444. The van der Waals surface area contributed by atoms with E-state index in [1.54, 1.807) is 16.7 Å². The average molecular weight is 401 g/mol. The Bertz CT molecular complexity index is 1090. The minimum Gasteiger partial charge on any atom is -0.200 e. The summed E-state index contributed by atoms with van der Waals surface area (Å²) in [5.74, 6) is 0.763. The number of nitrogens with zero attached hydrogens (tertiary/aromatic N) is 1. The molecule has 1 fully saturated rings. The average Bonchev–Trinajstić information content (AvgIpc) is 3.14. The van der Waals surface area contributed by atoms with Gasteiger partial charge in [-0.3, -0.25) is 0 Å². The van der Waals surface area contributed by atoms with E-state index in [9.17, 15) is 0 Å². The molecule has 0 saturated carbocycles. The smallest absolute Gasteiger partial charge is 0.200 e. The summed E-state index contributed by atoms with van der Waals surface area (Å²) in [5.41, 5.74) is 8.90. The van der Waals surface area contributed by atoms with Crippen molar-refractivity contribution >= 4 is 18.8 Å². The van der Waals surface area contributed by atoms with Crippen LogP contribution >= 0.6 is 0 Å². The van der Waals surface area contributed by atoms with Crippen molar-refractivity contribution in [3.8, 4) is 11.3 Å². The van der Waals surface area contributed by atoms with Crippen LogP contribution in [0.5, 0.6) is 0 Å². The van der Waals surface area contributed by atoms with Crippen molar-refractivity contribution in [2.45, 2.75) is 70.1 Å². The van der Waals surface area contributed by atoms with E-state index in [0.717, 1.165) is 5.92 Å². The molecule has 1 aliphatic carbocycles. The summed E-state index contributed by atoms with van der Waals surface area (Å²) in [6.45, 7) is 7.42. The molecule has 0 spiro atoms. The molecule has 0 N–H and O–H groups in total. The molecule has 0 unspecified atom stereocenters. The number of aromatic nitrogens is 1. The van der Waals surface area contributed by atoms with E-state index >= 15 is 0 Å². The zero-order chi connectivity index (χ0) is 20.2. The molecular formula is C27H34NSi+. The second-order valence-corrected chi connectivity index (χ2v) is 15.7. The molecule has 1 saturated heterocycles. The van der Waals surface area contributed by atoms with Gasteiger partial charge in [-0.1, -0.05) is 43.4 Å². The summed E-state index contributed by atoms with van der Waals surface area (Å²) >= 11 is 0. The van der Waals surface area contributed by atoms with E-state index in [1.807, 2.05) is 0 Å². The third-order valence-corrected chi connectivity index (χ3v) is 11.0. The van der Waals surface area contributed by atoms with Crippen LogP contribution in [0.4, 0.5) is 0 Å². The Morgan fingerprint density at radius 1 is 0.931 bits per heavy atom. The van der Waals surface area contributed by atoms with Crippen molar-refractivity contribution < 1.29 is 4.57 Å². The van der Waals surface area contributed by atoms with Crippen LogP contribution in [0.3, 0.4) is 0 Å². The van der Waals surface area contributed by atoms with Crippen molar-refractivity contribution in [1.29, 1.82) is 0 Å². The first kappa shape index (κ1) is 19.1. The molecular weight excluding hydrogens is 366 g/mol. The van der Waals surface area contributed by atoms with Crippen molar-refractivity contribution in [1.82, 2.24) is 0 Å². The lowest BCUT2D eigenvalue weighted by molar-refractivity contribution is -0.659. The van der Waals surface area contributed by atoms with Gasteiger partial charge in [0.2, 0.25) is 5.69 Å². The van der Waals surface area contributed by atoms with Gasteiger partial charge in [0.05, 0.1) is 5.39 Å². The lowest BCUT2D eigenvalue weighted by Crippen LogP contribution is -2.31. The van der Waals surface area contributed by atoms with Crippen molar-refractivity contribution in [2.24, 2.45) is 7.05 Å². The van der Waals surface area contributed by atoms with Crippen LogP contribution in [0.25, 0.3) is 22.0 Å². The van der Waals surface area contributed by atoms with Gasteiger partial charge in [-0.25, -0.2) is 4.57 Å². The Kier molecular flexibility index (Phi) is 4.66. The number of benzene rings is 2. The zero-order valence-electron chi connectivity index (χ0n) is 18.5. The number of aryl methyl sites for hydroxylation is 4. The molecule has 2 heterocycles. The van der Waals surface area contributed by atoms with Gasteiger partial charge in [-0.05, 0) is 84.7 Å². The summed E-state index contributed by atoms with van der Waals surface area (Å²) < 4.78 is 2.32. The van der Waals surface area contributed by atoms with Gasteiger partial charge in [-0.15, -0.1) is 0 Å². The lowest BCUT2D eigenvalue weighted by Gasteiger charge is -2.33. The lowest BCUT2D eigenvalue weighted by atomic mass is 9.90. The normalized spacial score (nSPS) is 18.9. The van der Waals surface area contributed by atoms with Gasteiger partial charge in [0, 0.05) is 19.7 Å². The molecule has 150 valence electrons. The molecule has 2 aliphatic rings. The number of rotatable bonds is 2. The molecule has 3 aromatic rings. The minimum absolute atomic E-state index is 0.763. The molecule has 1 nitrogen and oxygen atoms in total. The summed E-state index contributed by atoms with van der Waals surface area (Å²) in [6.07, 6.45) is 8.84. The van der Waals surface area contributed by atoms with Crippen LogP contribution in [0.2, 0.25) is 25.2 Å². The van der Waals surface area contributed by atoms with Gasteiger partial charge in [0.25, 0.3) is 0 Å². The predicted octanol–water partition coefficient (Wildman–Crippen LogP) is 6.71. The van der Waals surface area contributed by atoms with E-state index in [2.05, 4.69) is 74.2 Å². The van der Waals surface area contributed by atoms with E-state index < -0.39 is 8.07 Å².